The van der Waals surface area contributed by atoms with Crippen LogP contribution in [0.2, 0.25) is 0 Å². The van der Waals surface area contributed by atoms with E-state index >= 15 is 0 Å². The molecular formula is C16H23NO2S. The van der Waals surface area contributed by atoms with Gasteiger partial charge in [0.2, 0.25) is 0 Å². The summed E-state index contributed by atoms with van der Waals surface area (Å²) >= 11 is 1.87. The maximum absolute atomic E-state index is 11.1. The highest BCUT2D eigenvalue weighted by molar-refractivity contribution is 7.99. The average Bonchev–Trinajstić information content (AvgIpc) is 2.41. The number of hydrogen-bond donors (Lipinski definition) is 1. The average molecular weight is 293 g/mol. The molecule has 2 atom stereocenters. The summed E-state index contributed by atoms with van der Waals surface area (Å²) in [6, 6.07) is 10.9. The lowest BCUT2D eigenvalue weighted by atomic mass is 9.92. The molecule has 1 heterocycles. The molecule has 0 radical (unpaired) electrons. The molecule has 1 N–H and O–H groups in total. The largest absolute Gasteiger partial charge is 0.481 e. The predicted octanol–water partition coefficient (Wildman–Crippen LogP) is 3.28. The molecule has 1 aromatic carbocycles. The van der Waals surface area contributed by atoms with E-state index in [-0.39, 0.29) is 12.5 Å². The summed E-state index contributed by atoms with van der Waals surface area (Å²) in [4.78, 5) is 13.5. The number of carboxylic acids is 1. The van der Waals surface area contributed by atoms with Gasteiger partial charge >= 0.3 is 5.97 Å². The molecule has 0 bridgehead atoms. The Labute approximate surface area is 125 Å². The Kier molecular flexibility index (Phi) is 5.49. The van der Waals surface area contributed by atoms with Crippen LogP contribution in [0, 0.1) is 5.92 Å². The first-order valence-corrected chi connectivity index (χ1v) is 8.35. The van der Waals surface area contributed by atoms with Crippen molar-refractivity contribution < 1.29 is 9.90 Å². The molecule has 110 valence electrons. The Balaban J connectivity index is 2.24. The number of benzene rings is 1. The normalized spacial score (nSPS) is 21.9. The van der Waals surface area contributed by atoms with E-state index in [0.717, 1.165) is 18.1 Å². The van der Waals surface area contributed by atoms with Gasteiger partial charge in [0.25, 0.3) is 0 Å². The van der Waals surface area contributed by atoms with E-state index in [9.17, 15) is 4.79 Å². The lowest BCUT2D eigenvalue weighted by molar-refractivity contribution is -0.138. The number of thioether (sulfide) groups is 1. The monoisotopic (exact) mass is 293 g/mol. The maximum atomic E-state index is 11.1. The molecule has 0 amide bonds. The molecule has 0 saturated carbocycles. The molecule has 1 aliphatic rings. The Bertz CT molecular complexity index is 435. The summed E-state index contributed by atoms with van der Waals surface area (Å²) in [5.41, 5.74) is 1.30. The van der Waals surface area contributed by atoms with Crippen LogP contribution in [0.4, 0.5) is 0 Å². The first-order valence-electron chi connectivity index (χ1n) is 7.20. The van der Waals surface area contributed by atoms with E-state index in [0.29, 0.717) is 12.0 Å². The summed E-state index contributed by atoms with van der Waals surface area (Å²) in [6.45, 7) is 5.41. The SMILES string of the molecule is CC(C)C(c1ccccc1)N1CCSCC1CC(=O)O. The highest BCUT2D eigenvalue weighted by atomic mass is 32.2. The highest BCUT2D eigenvalue weighted by Crippen LogP contribution is 2.34. The summed E-state index contributed by atoms with van der Waals surface area (Å²) in [5, 5.41) is 9.14. The van der Waals surface area contributed by atoms with Gasteiger partial charge in [0.15, 0.2) is 0 Å². The lowest BCUT2D eigenvalue weighted by Crippen LogP contribution is -2.47. The molecule has 0 spiro atoms. The number of carbonyl (C=O) groups is 1. The van der Waals surface area contributed by atoms with Gasteiger partial charge in [0.1, 0.15) is 0 Å². The zero-order chi connectivity index (χ0) is 14.5. The summed E-state index contributed by atoms with van der Waals surface area (Å²) in [6.07, 6.45) is 0.239. The van der Waals surface area contributed by atoms with Crippen LogP contribution >= 0.6 is 11.8 Å². The second-order valence-corrected chi connectivity index (χ2v) is 6.81. The van der Waals surface area contributed by atoms with Gasteiger partial charge in [-0.2, -0.15) is 11.8 Å². The van der Waals surface area contributed by atoms with E-state index in [1.165, 1.54) is 5.56 Å². The standard InChI is InChI=1S/C16H23NO2S/c1-12(2)16(13-6-4-3-5-7-13)17-8-9-20-11-14(17)10-15(18)19/h3-7,12,14,16H,8-11H2,1-2H3,(H,18,19). The predicted molar refractivity (Wildman–Crippen MR) is 84.1 cm³/mol. The van der Waals surface area contributed by atoms with Crippen molar-refractivity contribution in [2.75, 3.05) is 18.1 Å². The van der Waals surface area contributed by atoms with Crippen molar-refractivity contribution in [3.63, 3.8) is 0 Å². The van der Waals surface area contributed by atoms with Crippen LogP contribution in [0.25, 0.3) is 0 Å². The Morgan fingerprint density at radius 2 is 2.10 bits per heavy atom. The Hall–Kier alpha value is -1.00. The molecule has 0 aliphatic carbocycles. The van der Waals surface area contributed by atoms with E-state index in [1.807, 2.05) is 17.8 Å². The summed E-state index contributed by atoms with van der Waals surface area (Å²) in [5.74, 6) is 1.78. The molecule has 2 rings (SSSR count). The van der Waals surface area contributed by atoms with Crippen LogP contribution in [0.3, 0.4) is 0 Å². The first kappa shape index (κ1) is 15.4. The minimum absolute atomic E-state index is 0.138. The molecule has 3 nitrogen and oxygen atoms in total. The number of rotatable bonds is 5. The summed E-state index contributed by atoms with van der Waals surface area (Å²) < 4.78 is 0. The third-order valence-electron chi connectivity index (χ3n) is 3.81. The van der Waals surface area contributed by atoms with Crippen molar-refractivity contribution in [1.82, 2.24) is 4.90 Å². The van der Waals surface area contributed by atoms with Crippen molar-refractivity contribution in [2.24, 2.45) is 5.92 Å². The van der Waals surface area contributed by atoms with Crippen LogP contribution in [0.5, 0.6) is 0 Å². The third-order valence-corrected chi connectivity index (χ3v) is 4.90. The van der Waals surface area contributed by atoms with Gasteiger partial charge in [-0.25, -0.2) is 0 Å². The Morgan fingerprint density at radius 1 is 1.40 bits per heavy atom. The van der Waals surface area contributed by atoms with Crippen LogP contribution in [-0.4, -0.2) is 40.1 Å². The molecular weight excluding hydrogens is 270 g/mol. The highest BCUT2D eigenvalue weighted by Gasteiger charge is 2.32. The zero-order valence-corrected chi connectivity index (χ0v) is 13.0. The van der Waals surface area contributed by atoms with Gasteiger partial charge in [0.05, 0.1) is 6.42 Å². The third kappa shape index (κ3) is 3.76. The fourth-order valence-electron chi connectivity index (χ4n) is 3.02. The topological polar surface area (TPSA) is 40.5 Å². The van der Waals surface area contributed by atoms with Crippen molar-refractivity contribution in [2.45, 2.75) is 32.4 Å². The van der Waals surface area contributed by atoms with Crippen molar-refractivity contribution in [3.05, 3.63) is 35.9 Å². The van der Waals surface area contributed by atoms with Gasteiger partial charge in [-0.3, -0.25) is 9.69 Å². The second-order valence-electron chi connectivity index (χ2n) is 5.66. The van der Waals surface area contributed by atoms with E-state index < -0.39 is 5.97 Å². The van der Waals surface area contributed by atoms with Crippen molar-refractivity contribution >= 4 is 17.7 Å². The van der Waals surface area contributed by atoms with Gasteiger partial charge in [0, 0.05) is 30.1 Å². The molecule has 1 saturated heterocycles. The molecule has 4 heteroatoms. The van der Waals surface area contributed by atoms with E-state index in [4.69, 9.17) is 5.11 Å². The van der Waals surface area contributed by atoms with Crippen molar-refractivity contribution in [1.29, 1.82) is 0 Å². The molecule has 2 unspecified atom stereocenters. The van der Waals surface area contributed by atoms with E-state index in [1.54, 1.807) is 0 Å². The lowest BCUT2D eigenvalue weighted by Gasteiger charge is -2.42. The number of nitrogens with zero attached hydrogens (tertiary/aromatic N) is 1. The fourth-order valence-corrected chi connectivity index (χ4v) is 4.11. The van der Waals surface area contributed by atoms with Crippen LogP contribution in [0.1, 0.15) is 31.9 Å². The van der Waals surface area contributed by atoms with Gasteiger partial charge in [-0.1, -0.05) is 44.2 Å². The van der Waals surface area contributed by atoms with Gasteiger partial charge in [-0.05, 0) is 11.5 Å². The van der Waals surface area contributed by atoms with Crippen molar-refractivity contribution in [3.8, 4) is 0 Å². The number of carboxylic acid groups (broad SMARTS) is 1. The minimum atomic E-state index is -0.696. The van der Waals surface area contributed by atoms with E-state index in [2.05, 4.69) is 43.0 Å². The molecule has 1 aromatic rings. The summed E-state index contributed by atoms with van der Waals surface area (Å²) in [7, 11) is 0. The smallest absolute Gasteiger partial charge is 0.304 e. The van der Waals surface area contributed by atoms with Gasteiger partial charge in [-0.15, -0.1) is 0 Å². The van der Waals surface area contributed by atoms with Crippen LogP contribution in [0.15, 0.2) is 30.3 Å². The van der Waals surface area contributed by atoms with Crippen LogP contribution < -0.4 is 0 Å². The quantitative estimate of drug-likeness (QED) is 0.904. The fraction of sp³-hybridized carbons (Fsp3) is 0.562. The number of aliphatic carboxylic acids is 1. The second kappa shape index (κ2) is 7.14. The van der Waals surface area contributed by atoms with Crippen LogP contribution in [-0.2, 0) is 4.79 Å². The first-order chi connectivity index (χ1) is 9.59. The number of hydrogen-bond acceptors (Lipinski definition) is 3. The molecule has 1 fully saturated rings. The van der Waals surface area contributed by atoms with Gasteiger partial charge < -0.3 is 5.11 Å². The Morgan fingerprint density at radius 3 is 2.70 bits per heavy atom. The molecule has 1 aliphatic heterocycles. The maximum Gasteiger partial charge on any atom is 0.304 e. The zero-order valence-electron chi connectivity index (χ0n) is 12.2. The minimum Gasteiger partial charge on any atom is -0.481 e. The molecule has 20 heavy (non-hydrogen) atoms. The molecule has 0 aromatic heterocycles.